The van der Waals surface area contributed by atoms with Crippen LogP contribution in [0.25, 0.3) is 9.75 Å². The van der Waals surface area contributed by atoms with Gasteiger partial charge in [0.1, 0.15) is 10.3 Å². The Kier molecular flexibility index (Phi) is 9.82. The molecule has 0 radical (unpaired) electrons. The van der Waals surface area contributed by atoms with Gasteiger partial charge in [-0.15, -0.1) is 22.7 Å². The predicted molar refractivity (Wildman–Crippen MR) is 147 cm³/mol. The number of rotatable bonds is 11. The Labute approximate surface area is 235 Å². The van der Waals surface area contributed by atoms with E-state index in [9.17, 15) is 22.8 Å². The van der Waals surface area contributed by atoms with E-state index in [1.165, 1.54) is 29.4 Å². The molecular formula is C24H31ClN4O6S3. The molecule has 2 fully saturated rings. The molecule has 2 N–H and O–H groups in total. The zero-order valence-corrected chi connectivity index (χ0v) is 24.2. The van der Waals surface area contributed by atoms with E-state index in [1.54, 1.807) is 17.0 Å². The summed E-state index contributed by atoms with van der Waals surface area (Å²) in [5.41, 5.74) is 0. The van der Waals surface area contributed by atoms with Crippen molar-refractivity contribution in [1.82, 2.24) is 19.8 Å². The summed E-state index contributed by atoms with van der Waals surface area (Å²) in [4.78, 5) is 42.4. The molecule has 2 aliphatic heterocycles. The Hall–Kier alpha value is -2.03. The largest absolute Gasteiger partial charge is 0.469 e. The van der Waals surface area contributed by atoms with Crippen LogP contribution in [0.3, 0.4) is 0 Å². The first kappa shape index (κ1) is 29.0. The first-order valence-corrected chi connectivity index (χ1v) is 15.9. The van der Waals surface area contributed by atoms with Gasteiger partial charge in [-0.05, 0) is 49.9 Å². The van der Waals surface area contributed by atoms with E-state index in [-0.39, 0.29) is 41.0 Å². The van der Waals surface area contributed by atoms with Gasteiger partial charge in [0.2, 0.25) is 11.8 Å². The van der Waals surface area contributed by atoms with E-state index in [0.717, 1.165) is 33.9 Å². The van der Waals surface area contributed by atoms with E-state index in [0.29, 0.717) is 43.4 Å². The standard InChI is InChI=1S/C24H31ClN4O6S3/c1-35-22(31)10-11-26-14-16-4-2-13-29(16)21(30)15-28-12-3-5-17(24(28)32)27-38(33,34)23-9-7-19(37-23)18-6-8-20(25)36-18/h6-9,16-17,26-27H,2-5,10-15H2,1H3/t16-,17-/m0/s1. The molecule has 0 bridgehead atoms. The maximum atomic E-state index is 13.2. The lowest BCUT2D eigenvalue weighted by molar-refractivity contribution is -0.143. The van der Waals surface area contributed by atoms with Crippen LogP contribution in [-0.2, 0) is 29.1 Å². The molecule has 10 nitrogen and oxygen atoms in total. The molecule has 0 spiro atoms. The van der Waals surface area contributed by atoms with Crippen LogP contribution in [0.15, 0.2) is 28.5 Å². The molecule has 0 unspecified atom stereocenters. The van der Waals surface area contributed by atoms with Gasteiger partial charge >= 0.3 is 5.97 Å². The van der Waals surface area contributed by atoms with Crippen LogP contribution in [-0.4, -0.2) is 87.9 Å². The molecule has 208 valence electrons. The fourth-order valence-corrected chi connectivity index (χ4v) is 8.37. The van der Waals surface area contributed by atoms with E-state index in [1.807, 2.05) is 6.07 Å². The Bertz CT molecular complexity index is 1260. The van der Waals surface area contributed by atoms with Crippen LogP contribution >= 0.6 is 34.3 Å². The molecule has 0 aromatic carbocycles. The highest BCUT2D eigenvalue weighted by molar-refractivity contribution is 7.91. The number of halogens is 1. The van der Waals surface area contributed by atoms with E-state index < -0.39 is 16.1 Å². The van der Waals surface area contributed by atoms with Gasteiger partial charge in [-0.2, -0.15) is 4.72 Å². The maximum absolute atomic E-state index is 13.2. The molecule has 2 saturated heterocycles. The summed E-state index contributed by atoms with van der Waals surface area (Å²) >= 11 is 8.49. The second-order valence-electron chi connectivity index (χ2n) is 9.21. The number of hydrogen-bond donors (Lipinski definition) is 2. The number of ether oxygens (including phenoxy) is 1. The summed E-state index contributed by atoms with van der Waals surface area (Å²) in [6.45, 7) is 1.94. The molecule has 38 heavy (non-hydrogen) atoms. The Morgan fingerprint density at radius 1 is 1.11 bits per heavy atom. The second-order valence-corrected chi connectivity index (χ2v) is 14.0. The van der Waals surface area contributed by atoms with Crippen molar-refractivity contribution in [3.05, 3.63) is 28.6 Å². The van der Waals surface area contributed by atoms with Gasteiger partial charge in [-0.25, -0.2) is 8.42 Å². The summed E-state index contributed by atoms with van der Waals surface area (Å²) in [5, 5.41) is 3.19. The molecule has 0 aliphatic carbocycles. The molecule has 14 heteroatoms. The smallest absolute Gasteiger partial charge is 0.306 e. The van der Waals surface area contributed by atoms with Crippen molar-refractivity contribution in [2.75, 3.05) is 39.8 Å². The molecule has 2 aromatic heterocycles. The number of carbonyl (C=O) groups is 3. The SMILES string of the molecule is COC(=O)CCNC[C@@H]1CCCN1C(=O)CN1CCC[C@H](NS(=O)(=O)c2ccc(-c3ccc(Cl)s3)s2)C1=O. The summed E-state index contributed by atoms with van der Waals surface area (Å²) in [6.07, 6.45) is 2.93. The minimum Gasteiger partial charge on any atom is -0.469 e. The van der Waals surface area contributed by atoms with Crippen molar-refractivity contribution in [2.24, 2.45) is 0 Å². The normalized spacial score (nSPS) is 20.2. The molecule has 0 saturated carbocycles. The molecule has 2 atom stereocenters. The van der Waals surface area contributed by atoms with Crippen molar-refractivity contribution in [1.29, 1.82) is 0 Å². The molecule has 4 heterocycles. The monoisotopic (exact) mass is 602 g/mol. The first-order valence-electron chi connectivity index (χ1n) is 12.4. The second kappa shape index (κ2) is 12.9. The van der Waals surface area contributed by atoms with Crippen LogP contribution in [0.1, 0.15) is 32.1 Å². The first-order chi connectivity index (χ1) is 18.2. The summed E-state index contributed by atoms with van der Waals surface area (Å²) in [7, 11) is -2.57. The number of hydrogen-bond acceptors (Lipinski definition) is 9. The van der Waals surface area contributed by atoms with Gasteiger partial charge in [0.15, 0.2) is 0 Å². The minimum atomic E-state index is -3.91. The van der Waals surface area contributed by atoms with Crippen LogP contribution in [0.4, 0.5) is 0 Å². The van der Waals surface area contributed by atoms with Crippen molar-refractivity contribution in [3.8, 4) is 9.75 Å². The number of nitrogens with zero attached hydrogens (tertiary/aromatic N) is 2. The zero-order chi connectivity index (χ0) is 27.3. The molecular weight excluding hydrogens is 572 g/mol. The highest BCUT2D eigenvalue weighted by Crippen LogP contribution is 2.37. The van der Waals surface area contributed by atoms with Crippen LogP contribution in [0.5, 0.6) is 0 Å². The molecule has 2 aromatic rings. The molecule has 4 rings (SSSR count). The van der Waals surface area contributed by atoms with Crippen LogP contribution in [0.2, 0.25) is 4.34 Å². The van der Waals surface area contributed by atoms with Gasteiger partial charge in [-0.1, -0.05) is 11.6 Å². The highest BCUT2D eigenvalue weighted by atomic mass is 35.5. The number of sulfonamides is 1. The highest BCUT2D eigenvalue weighted by Gasteiger charge is 2.36. The number of amides is 2. The minimum absolute atomic E-state index is 0.0133. The summed E-state index contributed by atoms with van der Waals surface area (Å²) in [6, 6.07) is 5.92. The lowest BCUT2D eigenvalue weighted by Crippen LogP contribution is -2.55. The zero-order valence-electron chi connectivity index (χ0n) is 21.0. The Morgan fingerprint density at radius 2 is 1.84 bits per heavy atom. The number of likely N-dealkylation sites (tertiary alicyclic amines) is 2. The number of esters is 1. The number of methoxy groups -OCH3 is 1. The fraction of sp³-hybridized carbons (Fsp3) is 0.542. The average molecular weight is 603 g/mol. The van der Waals surface area contributed by atoms with Crippen LogP contribution < -0.4 is 10.0 Å². The van der Waals surface area contributed by atoms with Crippen molar-refractivity contribution in [2.45, 2.75) is 48.4 Å². The van der Waals surface area contributed by atoms with Crippen molar-refractivity contribution in [3.63, 3.8) is 0 Å². The van der Waals surface area contributed by atoms with E-state index in [2.05, 4.69) is 14.8 Å². The van der Waals surface area contributed by atoms with Crippen molar-refractivity contribution < 1.29 is 27.5 Å². The Morgan fingerprint density at radius 3 is 2.58 bits per heavy atom. The Balaban J connectivity index is 1.32. The summed E-state index contributed by atoms with van der Waals surface area (Å²) < 4.78 is 34.0. The van der Waals surface area contributed by atoms with Crippen LogP contribution in [0, 0.1) is 0 Å². The number of nitrogens with one attached hydrogen (secondary N) is 2. The number of piperidine rings is 1. The van der Waals surface area contributed by atoms with Gasteiger partial charge in [0.05, 0.1) is 24.4 Å². The third kappa shape index (κ3) is 7.13. The third-order valence-corrected chi connectivity index (χ3v) is 11.1. The lowest BCUT2D eigenvalue weighted by atomic mass is 10.1. The fourth-order valence-electron chi connectivity index (χ4n) is 4.69. The van der Waals surface area contributed by atoms with Crippen molar-refractivity contribution >= 4 is 62.1 Å². The van der Waals surface area contributed by atoms with Gasteiger partial charge in [-0.3, -0.25) is 14.4 Å². The predicted octanol–water partition coefficient (Wildman–Crippen LogP) is 2.54. The van der Waals surface area contributed by atoms with Gasteiger partial charge in [0.25, 0.3) is 10.0 Å². The third-order valence-electron chi connectivity index (χ3n) is 6.63. The van der Waals surface area contributed by atoms with Gasteiger partial charge < -0.3 is 19.9 Å². The number of thiophene rings is 2. The average Bonchev–Trinajstić information content (AvgIpc) is 3.65. The maximum Gasteiger partial charge on any atom is 0.306 e. The topological polar surface area (TPSA) is 125 Å². The summed E-state index contributed by atoms with van der Waals surface area (Å²) in [5.74, 6) is -0.837. The van der Waals surface area contributed by atoms with Gasteiger partial charge in [0, 0.05) is 42.0 Å². The molecule has 2 aliphatic rings. The molecule has 2 amide bonds. The number of carbonyl (C=O) groups excluding carboxylic acids is 3. The van der Waals surface area contributed by atoms with E-state index >= 15 is 0 Å². The quantitative estimate of drug-likeness (QED) is 0.299. The lowest BCUT2D eigenvalue weighted by Gasteiger charge is -2.34. The van der Waals surface area contributed by atoms with E-state index in [4.69, 9.17) is 11.6 Å².